The molecule has 3 heterocycles. The summed E-state index contributed by atoms with van der Waals surface area (Å²) in [5.41, 5.74) is 4.17. The van der Waals surface area contributed by atoms with E-state index in [-0.39, 0.29) is 0 Å². The van der Waals surface area contributed by atoms with Crippen LogP contribution in [0.2, 0.25) is 0 Å². The Hall–Kier alpha value is -2.43. The lowest BCUT2D eigenvalue weighted by Crippen LogP contribution is -2.51. The molecular weight excluding hydrogens is 398 g/mol. The molecule has 1 aliphatic heterocycles. The number of nitrogens with zero attached hydrogens (tertiary/aromatic N) is 2. The van der Waals surface area contributed by atoms with Crippen molar-refractivity contribution in [1.29, 1.82) is 0 Å². The lowest BCUT2D eigenvalue weighted by Gasteiger charge is -2.37. The second kappa shape index (κ2) is 8.97. The monoisotopic (exact) mass is 429 g/mol. The second-order valence-corrected chi connectivity index (χ2v) is 10.1. The lowest BCUT2D eigenvalue weighted by atomic mass is 10.0. The van der Waals surface area contributed by atoms with Crippen LogP contribution in [0.15, 0.2) is 54.7 Å². The highest BCUT2D eigenvalue weighted by Crippen LogP contribution is 2.34. The number of benzene rings is 1. The zero-order valence-electron chi connectivity index (χ0n) is 18.5. The van der Waals surface area contributed by atoms with Crippen molar-refractivity contribution >= 4 is 23.1 Å². The molecule has 1 atom stereocenters. The molecule has 0 radical (unpaired) electrons. The van der Waals surface area contributed by atoms with Gasteiger partial charge in [0.2, 0.25) is 0 Å². The van der Waals surface area contributed by atoms with Crippen molar-refractivity contribution in [3.05, 3.63) is 86.2 Å². The molecule has 1 aromatic carbocycles. The zero-order chi connectivity index (χ0) is 21.2. The predicted molar refractivity (Wildman–Crippen MR) is 131 cm³/mol. The van der Waals surface area contributed by atoms with Crippen molar-refractivity contribution in [2.45, 2.75) is 45.1 Å². The molecule has 1 aliphatic carbocycles. The van der Waals surface area contributed by atoms with E-state index in [0.29, 0.717) is 12.0 Å². The highest BCUT2D eigenvalue weighted by Gasteiger charge is 2.26. The third-order valence-electron chi connectivity index (χ3n) is 6.42. The first kappa shape index (κ1) is 20.5. The van der Waals surface area contributed by atoms with Crippen LogP contribution in [-0.4, -0.2) is 35.6 Å². The molecule has 1 N–H and O–H groups in total. The van der Waals surface area contributed by atoms with Crippen LogP contribution < -0.4 is 15.9 Å². The van der Waals surface area contributed by atoms with Crippen LogP contribution in [0.4, 0.5) is 0 Å². The summed E-state index contributed by atoms with van der Waals surface area (Å²) in [6.07, 6.45) is 7.58. The number of nitrogens with one attached hydrogen (secondary N) is 1. The third kappa shape index (κ3) is 4.32. The van der Waals surface area contributed by atoms with Gasteiger partial charge in [-0.3, -0.25) is 4.98 Å². The number of piperazine rings is 1. The second-order valence-electron chi connectivity index (χ2n) is 8.96. The standard InChI is InChI=1S/C27H31N3S/c1-19(2)25-17-23-24(31-25)13-11-21-9-6-14-29-26(21)27(23)30-16-15-28-22(18-30)12-10-20-7-4-3-5-8-20/h3-9,11,14,17,19,22,28H,10,12-13,15-16,18H2,1-2H3. The molecule has 4 heteroatoms. The van der Waals surface area contributed by atoms with Gasteiger partial charge in [0.15, 0.2) is 0 Å². The number of hydrogen-bond donors (Lipinski definition) is 1. The molecule has 5 rings (SSSR count). The first-order chi connectivity index (χ1) is 15.2. The van der Waals surface area contributed by atoms with E-state index < -0.39 is 0 Å². The number of pyridine rings is 1. The maximum atomic E-state index is 4.88. The Labute approximate surface area is 189 Å². The van der Waals surface area contributed by atoms with Crippen molar-refractivity contribution in [1.82, 2.24) is 15.2 Å². The van der Waals surface area contributed by atoms with E-state index in [4.69, 9.17) is 4.98 Å². The van der Waals surface area contributed by atoms with E-state index in [1.165, 1.54) is 31.8 Å². The van der Waals surface area contributed by atoms with E-state index in [1.54, 1.807) is 0 Å². The van der Waals surface area contributed by atoms with Crippen LogP contribution in [0.3, 0.4) is 0 Å². The maximum absolute atomic E-state index is 4.88. The van der Waals surface area contributed by atoms with Crippen LogP contribution in [-0.2, 0) is 12.8 Å². The van der Waals surface area contributed by atoms with Crippen LogP contribution in [0.25, 0.3) is 11.8 Å². The Kier molecular flexibility index (Phi) is 5.93. The van der Waals surface area contributed by atoms with Gasteiger partial charge in [0, 0.05) is 53.6 Å². The quantitative estimate of drug-likeness (QED) is 0.671. The van der Waals surface area contributed by atoms with Gasteiger partial charge in [-0.2, -0.15) is 0 Å². The third-order valence-corrected chi connectivity index (χ3v) is 7.88. The average molecular weight is 430 g/mol. The number of aromatic nitrogens is 1. The van der Waals surface area contributed by atoms with E-state index in [0.717, 1.165) is 44.2 Å². The van der Waals surface area contributed by atoms with E-state index >= 15 is 0 Å². The minimum Gasteiger partial charge on any atom is -0.366 e. The van der Waals surface area contributed by atoms with Gasteiger partial charge in [-0.25, -0.2) is 0 Å². The lowest BCUT2D eigenvalue weighted by molar-refractivity contribution is 0.268. The summed E-state index contributed by atoms with van der Waals surface area (Å²) in [7, 11) is 0. The molecule has 3 aromatic rings. The molecule has 0 bridgehead atoms. The average Bonchev–Trinajstić information content (AvgIpc) is 3.16. The number of aryl methyl sites for hydroxylation is 1. The summed E-state index contributed by atoms with van der Waals surface area (Å²) in [5.74, 6) is 0.558. The van der Waals surface area contributed by atoms with E-state index in [1.807, 2.05) is 17.5 Å². The van der Waals surface area contributed by atoms with Gasteiger partial charge >= 0.3 is 0 Å². The molecule has 1 fully saturated rings. The molecule has 2 aliphatic rings. The first-order valence-corrected chi connectivity index (χ1v) is 12.3. The summed E-state index contributed by atoms with van der Waals surface area (Å²) in [6.45, 7) is 7.67. The van der Waals surface area contributed by atoms with Crippen molar-refractivity contribution in [2.75, 3.05) is 19.6 Å². The number of rotatable bonds is 5. The summed E-state index contributed by atoms with van der Waals surface area (Å²) in [4.78, 5) is 10.4. The smallest absolute Gasteiger partial charge is 0.0938 e. The normalized spacial score (nSPS) is 18.4. The van der Waals surface area contributed by atoms with Crippen molar-refractivity contribution < 1.29 is 0 Å². The van der Waals surface area contributed by atoms with Crippen LogP contribution >= 0.6 is 11.3 Å². The fourth-order valence-corrected chi connectivity index (χ4v) is 5.85. The Morgan fingerprint density at radius 2 is 2.03 bits per heavy atom. The van der Waals surface area contributed by atoms with Gasteiger partial charge in [0.1, 0.15) is 0 Å². The number of fused-ring (bicyclic) bond motifs is 2. The topological polar surface area (TPSA) is 28.2 Å². The number of hydrogen-bond acceptors (Lipinski definition) is 4. The summed E-state index contributed by atoms with van der Waals surface area (Å²) in [5, 5.41) is 6.19. The van der Waals surface area contributed by atoms with E-state index in [9.17, 15) is 0 Å². The molecule has 0 spiro atoms. The molecule has 160 valence electrons. The molecular formula is C27H31N3S. The fourth-order valence-electron chi connectivity index (χ4n) is 4.72. The molecule has 31 heavy (non-hydrogen) atoms. The van der Waals surface area contributed by atoms with Crippen molar-refractivity contribution in [3.8, 4) is 0 Å². The highest BCUT2D eigenvalue weighted by molar-refractivity contribution is 7.12. The maximum Gasteiger partial charge on any atom is 0.0938 e. The minimum absolute atomic E-state index is 0.493. The van der Waals surface area contributed by atoms with Gasteiger partial charge in [-0.15, -0.1) is 11.3 Å². The molecule has 0 saturated carbocycles. The van der Waals surface area contributed by atoms with Gasteiger partial charge in [0.05, 0.1) is 11.0 Å². The van der Waals surface area contributed by atoms with E-state index in [2.05, 4.69) is 78.7 Å². The Morgan fingerprint density at radius 1 is 1.16 bits per heavy atom. The summed E-state index contributed by atoms with van der Waals surface area (Å²) < 4.78 is 0. The first-order valence-electron chi connectivity index (χ1n) is 11.5. The van der Waals surface area contributed by atoms with Gasteiger partial charge in [-0.05, 0) is 41.7 Å². The molecule has 1 saturated heterocycles. The van der Waals surface area contributed by atoms with Crippen LogP contribution in [0.5, 0.6) is 0 Å². The highest BCUT2D eigenvalue weighted by atomic mass is 32.1. The largest absolute Gasteiger partial charge is 0.366 e. The summed E-state index contributed by atoms with van der Waals surface area (Å²) >= 11 is 1.98. The molecule has 1 unspecified atom stereocenters. The predicted octanol–water partition coefficient (Wildman–Crippen LogP) is 3.67. The van der Waals surface area contributed by atoms with Gasteiger partial charge in [0.25, 0.3) is 0 Å². The zero-order valence-corrected chi connectivity index (χ0v) is 19.3. The summed E-state index contributed by atoms with van der Waals surface area (Å²) in [6, 6.07) is 18.1. The van der Waals surface area contributed by atoms with Gasteiger partial charge < -0.3 is 10.2 Å². The molecule has 3 nitrogen and oxygen atoms in total. The fraction of sp³-hybridized carbons (Fsp3) is 0.370. The number of thiophene rings is 1. The Bertz CT molecular complexity index is 1160. The molecule has 2 aromatic heterocycles. The van der Waals surface area contributed by atoms with Crippen molar-refractivity contribution in [3.63, 3.8) is 0 Å². The van der Waals surface area contributed by atoms with Crippen LogP contribution in [0.1, 0.15) is 47.1 Å². The van der Waals surface area contributed by atoms with Crippen molar-refractivity contribution in [2.24, 2.45) is 0 Å². The SMILES string of the molecule is CC(C)c1cc2c(s1)CC=c1cccnc1=C2N1CCNC(CCc2ccccc2)C1. The minimum atomic E-state index is 0.493. The van der Waals surface area contributed by atoms with Crippen LogP contribution in [0, 0.1) is 0 Å². The molecule has 0 amide bonds. The Morgan fingerprint density at radius 3 is 2.87 bits per heavy atom. The Balaban J connectivity index is 1.49. The van der Waals surface area contributed by atoms with Gasteiger partial charge in [-0.1, -0.05) is 56.3 Å².